The number of anilines is 3. The first kappa shape index (κ1) is 14.3. The Bertz CT molecular complexity index is 868. The van der Waals surface area contributed by atoms with Crippen molar-refractivity contribution in [1.29, 1.82) is 0 Å². The van der Waals surface area contributed by atoms with E-state index in [4.69, 9.17) is 0 Å². The molecule has 0 fully saturated rings. The van der Waals surface area contributed by atoms with Gasteiger partial charge in [0.1, 0.15) is 0 Å². The average molecular weight is 315 g/mol. The lowest BCUT2D eigenvalue weighted by Gasteiger charge is -2.49. The zero-order chi connectivity index (χ0) is 16.0. The summed E-state index contributed by atoms with van der Waals surface area (Å²) in [6, 6.07) is 26.5. The summed E-state index contributed by atoms with van der Waals surface area (Å²) in [5.41, 5.74) is 5.26. The predicted molar refractivity (Wildman–Crippen MR) is 103 cm³/mol. The van der Waals surface area contributed by atoms with E-state index in [1.807, 2.05) is 0 Å². The molecule has 0 amide bonds. The van der Waals surface area contributed by atoms with Gasteiger partial charge in [-0.15, -0.1) is 0 Å². The molecule has 115 valence electrons. The van der Waals surface area contributed by atoms with Crippen LogP contribution in [0.5, 0.6) is 0 Å². The van der Waals surface area contributed by atoms with Crippen LogP contribution in [-0.2, 0) is 0 Å². The minimum atomic E-state index is -1.68. The van der Waals surface area contributed by atoms with Crippen LogP contribution in [0.4, 0.5) is 17.1 Å². The molecule has 0 saturated carbocycles. The van der Waals surface area contributed by atoms with Crippen LogP contribution in [0.1, 0.15) is 5.56 Å². The van der Waals surface area contributed by atoms with Crippen molar-refractivity contribution >= 4 is 35.5 Å². The smallest absolute Gasteiger partial charge is 0.0459 e. The molecule has 0 aromatic heterocycles. The Labute approximate surface area is 139 Å². The number of aryl methyl sites for hydroxylation is 1. The zero-order valence-electron chi connectivity index (χ0n) is 13.9. The van der Waals surface area contributed by atoms with Crippen molar-refractivity contribution in [2.75, 3.05) is 4.90 Å². The molecule has 0 atom stereocenters. The summed E-state index contributed by atoms with van der Waals surface area (Å²) in [5.74, 6) is 0. The molecule has 1 aliphatic rings. The molecule has 23 heavy (non-hydrogen) atoms. The molecule has 0 spiro atoms. The molecule has 4 rings (SSSR count). The van der Waals surface area contributed by atoms with Gasteiger partial charge in [-0.2, -0.15) is 23.5 Å². The van der Waals surface area contributed by atoms with Crippen molar-refractivity contribution in [3.8, 4) is 0 Å². The monoisotopic (exact) mass is 315 g/mol. The van der Waals surface area contributed by atoms with Gasteiger partial charge in [-0.05, 0) is 31.2 Å². The second-order valence-corrected chi connectivity index (χ2v) is 11.2. The molecular weight excluding hydrogens is 294 g/mol. The number of para-hydroxylation sites is 2. The summed E-state index contributed by atoms with van der Waals surface area (Å²) in [4.78, 5) is 2.42. The van der Waals surface area contributed by atoms with Crippen LogP contribution in [0.2, 0.25) is 13.1 Å². The third-order valence-electron chi connectivity index (χ3n) is 4.90. The summed E-state index contributed by atoms with van der Waals surface area (Å²) in [6.45, 7) is 7.12. The van der Waals surface area contributed by atoms with Crippen LogP contribution < -0.4 is 15.3 Å². The van der Waals surface area contributed by atoms with E-state index in [0.29, 0.717) is 0 Å². The first-order valence-electron chi connectivity index (χ1n) is 8.15. The van der Waals surface area contributed by atoms with E-state index in [1.54, 1.807) is 0 Å². The fourth-order valence-corrected chi connectivity index (χ4v) is 6.74. The summed E-state index contributed by atoms with van der Waals surface area (Å²) in [6.07, 6.45) is 0. The van der Waals surface area contributed by atoms with Gasteiger partial charge in [0.05, 0.1) is 0 Å². The third kappa shape index (κ3) is 2.13. The lowest BCUT2D eigenvalue weighted by molar-refractivity contribution is 1.28. The number of fused-ring (bicyclic) bond motifs is 2. The minimum Gasteiger partial charge on any atom is -0.316 e. The fraction of sp³-hybridized carbons (Fsp3) is 0.143. The molecule has 0 unspecified atom stereocenters. The molecule has 0 N–H and O–H groups in total. The minimum absolute atomic E-state index is 1.23. The van der Waals surface area contributed by atoms with Gasteiger partial charge in [-0.1, -0.05) is 62.2 Å². The van der Waals surface area contributed by atoms with Gasteiger partial charge >= 0.3 is 0 Å². The van der Waals surface area contributed by atoms with E-state index in [9.17, 15) is 0 Å². The first-order valence-corrected chi connectivity index (χ1v) is 11.1. The third-order valence-corrected chi connectivity index (χ3v) is 8.42. The van der Waals surface area contributed by atoms with Crippen molar-refractivity contribution in [2.45, 2.75) is 20.0 Å². The highest BCUT2D eigenvalue weighted by molar-refractivity contribution is 7.02. The Morgan fingerprint density at radius 1 is 0.696 bits per heavy atom. The van der Waals surface area contributed by atoms with E-state index >= 15 is 0 Å². The highest BCUT2D eigenvalue weighted by Crippen LogP contribution is 2.37. The average Bonchev–Trinajstić information content (AvgIpc) is 2.57. The van der Waals surface area contributed by atoms with E-state index in [-0.39, 0.29) is 0 Å². The number of rotatable bonds is 1. The van der Waals surface area contributed by atoms with Crippen LogP contribution in [0.15, 0.2) is 72.8 Å². The molecule has 0 bridgehead atoms. The SMILES string of the molecule is Cc1ccc2c(c1)[Si-](C)(C)c1ccccc1N2c1ccccc1. The molecule has 1 heterocycles. The Morgan fingerprint density at radius 2 is 1.35 bits per heavy atom. The molecule has 0 aliphatic carbocycles. The second kappa shape index (κ2) is 5.10. The summed E-state index contributed by atoms with van der Waals surface area (Å²) < 4.78 is 0. The quantitative estimate of drug-likeness (QED) is 0.593. The molecule has 0 radical (unpaired) electrons. The number of benzene rings is 3. The topological polar surface area (TPSA) is 3.24 Å². The largest absolute Gasteiger partial charge is 0.316 e. The summed E-state index contributed by atoms with van der Waals surface area (Å²) >= 11 is 0. The molecule has 1 nitrogen and oxygen atoms in total. The Balaban J connectivity index is 2.06. The van der Waals surface area contributed by atoms with E-state index in [1.165, 1.54) is 33.0 Å². The highest BCUT2D eigenvalue weighted by atomic mass is 28.3. The lowest BCUT2D eigenvalue weighted by Crippen LogP contribution is -2.58. The van der Waals surface area contributed by atoms with Crippen molar-refractivity contribution in [2.24, 2.45) is 0 Å². The van der Waals surface area contributed by atoms with E-state index in [0.717, 1.165) is 0 Å². The van der Waals surface area contributed by atoms with Crippen molar-refractivity contribution in [3.05, 3.63) is 78.4 Å². The molecule has 3 aromatic carbocycles. The Morgan fingerprint density at radius 3 is 2.13 bits per heavy atom. The van der Waals surface area contributed by atoms with Gasteiger partial charge in [0, 0.05) is 17.1 Å². The van der Waals surface area contributed by atoms with E-state index < -0.39 is 8.07 Å². The summed E-state index contributed by atoms with van der Waals surface area (Å²) in [5, 5.41) is 3.04. The molecular formula is C21H21NSi-. The maximum atomic E-state index is 2.46. The zero-order valence-corrected chi connectivity index (χ0v) is 14.9. The lowest BCUT2D eigenvalue weighted by atomic mass is 10.1. The van der Waals surface area contributed by atoms with Crippen LogP contribution >= 0.6 is 0 Å². The van der Waals surface area contributed by atoms with Gasteiger partial charge in [0.15, 0.2) is 0 Å². The van der Waals surface area contributed by atoms with Crippen LogP contribution in [-0.4, -0.2) is 8.07 Å². The van der Waals surface area contributed by atoms with Crippen molar-refractivity contribution in [3.63, 3.8) is 0 Å². The Hall–Kier alpha value is -2.32. The van der Waals surface area contributed by atoms with Crippen LogP contribution in [0.25, 0.3) is 0 Å². The Kier molecular flexibility index (Phi) is 3.17. The second-order valence-electron chi connectivity index (χ2n) is 6.83. The predicted octanol–water partition coefficient (Wildman–Crippen LogP) is 4.60. The maximum Gasteiger partial charge on any atom is 0.0459 e. The van der Waals surface area contributed by atoms with Gasteiger partial charge in [-0.3, -0.25) is 0 Å². The van der Waals surface area contributed by atoms with Crippen LogP contribution in [0.3, 0.4) is 0 Å². The highest BCUT2D eigenvalue weighted by Gasteiger charge is 2.29. The van der Waals surface area contributed by atoms with Gasteiger partial charge in [-0.25, -0.2) is 0 Å². The molecule has 2 heteroatoms. The number of nitrogens with zero attached hydrogens (tertiary/aromatic N) is 1. The van der Waals surface area contributed by atoms with E-state index in [2.05, 4.69) is 97.7 Å². The summed E-state index contributed by atoms with van der Waals surface area (Å²) in [7, 11) is -1.68. The van der Waals surface area contributed by atoms with Gasteiger partial charge in [0.25, 0.3) is 0 Å². The van der Waals surface area contributed by atoms with Gasteiger partial charge < -0.3 is 4.90 Å². The van der Waals surface area contributed by atoms with Crippen LogP contribution in [0, 0.1) is 6.92 Å². The number of hydrogen-bond acceptors (Lipinski definition) is 1. The molecule has 0 saturated heterocycles. The fourth-order valence-electron chi connectivity index (χ4n) is 3.67. The molecule has 1 aliphatic heterocycles. The normalized spacial score (nSPS) is 15.0. The van der Waals surface area contributed by atoms with Crippen molar-refractivity contribution in [1.82, 2.24) is 0 Å². The first-order chi connectivity index (χ1) is 11.1. The number of hydrogen-bond donors (Lipinski definition) is 0. The maximum absolute atomic E-state index is 2.46. The van der Waals surface area contributed by atoms with Crippen molar-refractivity contribution < 1.29 is 0 Å². The molecule has 3 aromatic rings. The van der Waals surface area contributed by atoms with Gasteiger partial charge in [0.2, 0.25) is 0 Å². The standard InChI is InChI=1S/C21H21NSi/c1-16-13-14-19-21(15-16)23(2,3)20-12-8-7-11-18(20)22(19)17-9-5-4-6-10-17/h4-15H,1-3H3/q-1.